The molecule has 4 heteroatoms. The minimum absolute atomic E-state index is 0.840. The van der Waals surface area contributed by atoms with Crippen LogP contribution in [0.2, 0.25) is 0 Å². The van der Waals surface area contributed by atoms with Crippen LogP contribution >= 0.6 is 0 Å². The van der Waals surface area contributed by atoms with Gasteiger partial charge in [0.25, 0.3) is 0 Å². The highest BCUT2D eigenvalue weighted by Crippen LogP contribution is 2.18. The molecule has 2 rings (SSSR count). The van der Waals surface area contributed by atoms with E-state index in [1.54, 1.807) is 0 Å². The molecule has 0 unspecified atom stereocenters. The zero-order chi connectivity index (χ0) is 14.6. The van der Waals surface area contributed by atoms with E-state index >= 15 is 0 Å². The fraction of sp³-hybridized carbons (Fsp3) is 0.625. The van der Waals surface area contributed by atoms with Gasteiger partial charge in [0.15, 0.2) is 0 Å². The first kappa shape index (κ1) is 15.1. The molecule has 2 N–H and O–H groups in total. The second kappa shape index (κ2) is 6.46. The Morgan fingerprint density at radius 1 is 1.00 bits per heavy atom. The lowest BCUT2D eigenvalue weighted by atomic mass is 10.2. The lowest BCUT2D eigenvalue weighted by Crippen LogP contribution is -2.47. The summed E-state index contributed by atoms with van der Waals surface area (Å²) in [5.74, 6) is 0. The molecule has 0 atom stereocenters. The van der Waals surface area contributed by atoms with Crippen molar-refractivity contribution >= 4 is 11.4 Å². The van der Waals surface area contributed by atoms with Gasteiger partial charge in [-0.05, 0) is 24.3 Å². The van der Waals surface area contributed by atoms with E-state index < -0.39 is 0 Å². The minimum atomic E-state index is 0.840. The van der Waals surface area contributed by atoms with Crippen LogP contribution in [0.1, 0.15) is 6.42 Å². The molecule has 1 fully saturated rings. The molecular weight excluding hydrogens is 248 g/mol. The number of nitrogens with zero attached hydrogens (tertiary/aromatic N) is 3. The van der Waals surface area contributed by atoms with Gasteiger partial charge in [0.2, 0.25) is 0 Å². The predicted molar refractivity (Wildman–Crippen MR) is 87.0 cm³/mol. The third-order valence-electron chi connectivity index (χ3n) is 3.93. The van der Waals surface area contributed by atoms with Gasteiger partial charge in [-0.2, -0.15) is 0 Å². The van der Waals surface area contributed by atoms with Crippen LogP contribution in [0, 0.1) is 0 Å². The zero-order valence-electron chi connectivity index (χ0n) is 13.2. The minimum Gasteiger partial charge on any atom is -0.399 e. The number of benzene rings is 1. The molecule has 1 aromatic carbocycles. The largest absolute Gasteiger partial charge is 0.399 e. The highest BCUT2D eigenvalue weighted by molar-refractivity contribution is 5.53. The summed E-state index contributed by atoms with van der Waals surface area (Å²) in [6.45, 7) is 7.05. The SMILES string of the molecule is C[N+](C)(C)CCCN1CCN(c2ccc(N)cc2)CC1. The van der Waals surface area contributed by atoms with Crippen molar-refractivity contribution in [2.24, 2.45) is 0 Å². The van der Waals surface area contributed by atoms with Gasteiger partial charge in [0.05, 0.1) is 27.7 Å². The first-order valence-corrected chi connectivity index (χ1v) is 7.57. The lowest BCUT2D eigenvalue weighted by Gasteiger charge is -2.36. The number of nitrogens with two attached hydrogens (primary N) is 1. The standard InChI is InChI=1S/C16H29N4/c1-20(2,3)14-4-9-18-10-12-19(13-11-18)16-7-5-15(17)6-8-16/h5-8H,4,9-14,17H2,1-3H3/q+1. The Labute approximate surface area is 123 Å². The number of nitrogen functional groups attached to an aromatic ring is 1. The monoisotopic (exact) mass is 277 g/mol. The van der Waals surface area contributed by atoms with E-state index in [1.165, 1.54) is 38.3 Å². The maximum Gasteiger partial charge on any atom is 0.0792 e. The van der Waals surface area contributed by atoms with Crippen LogP contribution in [0.4, 0.5) is 11.4 Å². The molecule has 1 aliphatic rings. The van der Waals surface area contributed by atoms with E-state index in [4.69, 9.17) is 5.73 Å². The summed E-state index contributed by atoms with van der Waals surface area (Å²) in [5.41, 5.74) is 7.88. The van der Waals surface area contributed by atoms with Gasteiger partial charge in [0.1, 0.15) is 0 Å². The highest BCUT2D eigenvalue weighted by Gasteiger charge is 2.17. The van der Waals surface area contributed by atoms with Gasteiger partial charge in [0, 0.05) is 50.5 Å². The van der Waals surface area contributed by atoms with Gasteiger partial charge < -0.3 is 15.1 Å². The summed E-state index contributed by atoms with van der Waals surface area (Å²) in [4.78, 5) is 5.04. The van der Waals surface area contributed by atoms with Crippen molar-refractivity contribution in [3.05, 3.63) is 24.3 Å². The molecule has 0 bridgehead atoms. The Kier molecular flexibility index (Phi) is 4.89. The number of hydrogen-bond acceptors (Lipinski definition) is 3. The molecule has 1 saturated heterocycles. The Morgan fingerprint density at radius 2 is 1.60 bits per heavy atom. The Hall–Kier alpha value is -1.26. The van der Waals surface area contributed by atoms with E-state index in [0.717, 1.165) is 23.3 Å². The summed E-state index contributed by atoms with van der Waals surface area (Å²) >= 11 is 0. The molecule has 1 heterocycles. The summed E-state index contributed by atoms with van der Waals surface area (Å²) < 4.78 is 1.06. The van der Waals surface area contributed by atoms with Crippen molar-refractivity contribution < 1.29 is 4.48 Å². The molecule has 0 radical (unpaired) electrons. The fourth-order valence-electron chi connectivity index (χ4n) is 2.68. The molecule has 1 aliphatic heterocycles. The fourth-order valence-corrected chi connectivity index (χ4v) is 2.68. The Bertz CT molecular complexity index is 399. The summed E-state index contributed by atoms with van der Waals surface area (Å²) in [7, 11) is 6.79. The number of quaternary nitrogens is 1. The van der Waals surface area contributed by atoms with E-state index in [-0.39, 0.29) is 0 Å². The van der Waals surface area contributed by atoms with E-state index in [2.05, 4.69) is 43.1 Å². The molecule has 0 aromatic heterocycles. The van der Waals surface area contributed by atoms with E-state index in [9.17, 15) is 0 Å². The number of anilines is 2. The highest BCUT2D eigenvalue weighted by atomic mass is 15.3. The van der Waals surface area contributed by atoms with Crippen molar-refractivity contribution in [3.8, 4) is 0 Å². The van der Waals surface area contributed by atoms with E-state index in [1.807, 2.05) is 12.1 Å². The number of hydrogen-bond donors (Lipinski definition) is 1. The maximum atomic E-state index is 5.74. The smallest absolute Gasteiger partial charge is 0.0792 e. The second-order valence-corrected chi connectivity index (χ2v) is 6.79. The van der Waals surface area contributed by atoms with Crippen LogP contribution < -0.4 is 10.6 Å². The molecule has 0 spiro atoms. The molecule has 0 amide bonds. The molecular formula is C16H29N4+. The molecule has 1 aromatic rings. The van der Waals surface area contributed by atoms with Crippen molar-refractivity contribution in [2.45, 2.75) is 6.42 Å². The van der Waals surface area contributed by atoms with Crippen LogP contribution in [-0.2, 0) is 0 Å². The Balaban J connectivity index is 1.74. The van der Waals surface area contributed by atoms with Gasteiger partial charge in [-0.3, -0.25) is 4.90 Å². The van der Waals surface area contributed by atoms with Crippen LogP contribution in [0.3, 0.4) is 0 Å². The van der Waals surface area contributed by atoms with Crippen LogP contribution in [0.5, 0.6) is 0 Å². The maximum absolute atomic E-state index is 5.74. The first-order valence-electron chi connectivity index (χ1n) is 7.57. The summed E-state index contributed by atoms with van der Waals surface area (Å²) in [6.07, 6.45) is 1.28. The number of piperazine rings is 1. The third kappa shape index (κ3) is 4.69. The average Bonchev–Trinajstić information content (AvgIpc) is 2.39. The van der Waals surface area contributed by atoms with Crippen molar-refractivity contribution in [2.75, 3.05) is 71.0 Å². The lowest BCUT2D eigenvalue weighted by molar-refractivity contribution is -0.870. The molecule has 0 aliphatic carbocycles. The summed E-state index contributed by atoms with van der Waals surface area (Å²) in [5, 5.41) is 0. The first-order chi connectivity index (χ1) is 9.44. The van der Waals surface area contributed by atoms with Gasteiger partial charge in [-0.25, -0.2) is 0 Å². The van der Waals surface area contributed by atoms with Crippen molar-refractivity contribution in [1.29, 1.82) is 0 Å². The van der Waals surface area contributed by atoms with Crippen molar-refractivity contribution in [3.63, 3.8) is 0 Å². The van der Waals surface area contributed by atoms with Gasteiger partial charge >= 0.3 is 0 Å². The molecule has 20 heavy (non-hydrogen) atoms. The van der Waals surface area contributed by atoms with Crippen LogP contribution in [0.15, 0.2) is 24.3 Å². The van der Waals surface area contributed by atoms with E-state index in [0.29, 0.717) is 0 Å². The predicted octanol–water partition coefficient (Wildman–Crippen LogP) is 1.49. The Morgan fingerprint density at radius 3 is 2.15 bits per heavy atom. The second-order valence-electron chi connectivity index (χ2n) is 6.79. The average molecular weight is 277 g/mol. The molecule has 112 valence electrons. The molecule has 4 nitrogen and oxygen atoms in total. The zero-order valence-corrected chi connectivity index (χ0v) is 13.2. The summed E-state index contributed by atoms with van der Waals surface area (Å²) in [6, 6.07) is 8.23. The quantitative estimate of drug-likeness (QED) is 0.654. The normalized spacial score (nSPS) is 17.4. The third-order valence-corrected chi connectivity index (χ3v) is 3.93. The van der Waals surface area contributed by atoms with Gasteiger partial charge in [-0.15, -0.1) is 0 Å². The number of rotatable bonds is 5. The molecule has 0 saturated carbocycles. The van der Waals surface area contributed by atoms with Crippen LogP contribution in [0.25, 0.3) is 0 Å². The van der Waals surface area contributed by atoms with Gasteiger partial charge in [-0.1, -0.05) is 0 Å². The van der Waals surface area contributed by atoms with Crippen LogP contribution in [-0.4, -0.2) is 69.8 Å². The van der Waals surface area contributed by atoms with Crippen molar-refractivity contribution in [1.82, 2.24) is 4.90 Å². The topological polar surface area (TPSA) is 32.5 Å².